The van der Waals surface area contributed by atoms with Crippen molar-refractivity contribution in [2.75, 3.05) is 12.0 Å². The number of ether oxygens (including phenoxy) is 1. The number of hydrazone groups is 1. The molecule has 0 spiro atoms. The Labute approximate surface area is 91.6 Å². The second-order valence-electron chi connectivity index (χ2n) is 2.79. The summed E-state index contributed by atoms with van der Waals surface area (Å²) in [5, 5.41) is 4.65. The van der Waals surface area contributed by atoms with Crippen LogP contribution in [0.2, 0.25) is 0 Å². The molecule has 0 saturated heterocycles. The Hall–Kier alpha value is -1.62. The van der Waals surface area contributed by atoms with Crippen molar-refractivity contribution in [2.45, 2.75) is 6.92 Å². The number of fused-ring (bicyclic) bond motifs is 1. The van der Waals surface area contributed by atoms with Crippen molar-refractivity contribution < 1.29 is 4.74 Å². The fraction of sp³-hybridized carbons (Fsp3) is 0.200. The Bertz CT molecular complexity index is 433. The molecular weight excluding hydrogens is 210 g/mol. The van der Waals surface area contributed by atoms with Crippen molar-refractivity contribution in [3.05, 3.63) is 24.3 Å². The first-order valence-electron chi connectivity index (χ1n) is 4.65. The second-order valence-corrected chi connectivity index (χ2v) is 3.82. The van der Waals surface area contributed by atoms with Crippen LogP contribution in [0.15, 0.2) is 29.4 Å². The highest BCUT2D eigenvalue weighted by Crippen LogP contribution is 2.24. The lowest BCUT2D eigenvalue weighted by atomic mass is 10.3. The third-order valence-corrected chi connectivity index (χ3v) is 2.69. The van der Waals surface area contributed by atoms with E-state index in [-0.39, 0.29) is 0 Å². The molecule has 0 aliphatic rings. The van der Waals surface area contributed by atoms with Crippen molar-refractivity contribution in [3.63, 3.8) is 0 Å². The molecule has 2 rings (SSSR count). The van der Waals surface area contributed by atoms with E-state index in [0.717, 1.165) is 15.3 Å². The largest absolute Gasteiger partial charge is 0.482 e. The van der Waals surface area contributed by atoms with E-state index in [0.29, 0.717) is 6.61 Å². The van der Waals surface area contributed by atoms with E-state index in [1.165, 1.54) is 6.40 Å². The molecule has 0 aliphatic carbocycles. The smallest absolute Gasteiger partial charge is 0.204 e. The van der Waals surface area contributed by atoms with Crippen LogP contribution in [0.4, 0.5) is 5.13 Å². The van der Waals surface area contributed by atoms with Gasteiger partial charge < -0.3 is 4.74 Å². The van der Waals surface area contributed by atoms with Crippen molar-refractivity contribution >= 4 is 33.1 Å². The van der Waals surface area contributed by atoms with E-state index in [4.69, 9.17) is 4.74 Å². The minimum Gasteiger partial charge on any atom is -0.482 e. The number of hydrogen-bond acceptors (Lipinski definition) is 5. The zero-order valence-electron chi connectivity index (χ0n) is 8.30. The first kappa shape index (κ1) is 9.92. The van der Waals surface area contributed by atoms with E-state index in [2.05, 4.69) is 15.5 Å². The van der Waals surface area contributed by atoms with Gasteiger partial charge in [-0.2, -0.15) is 0 Å². The lowest BCUT2D eigenvalue weighted by molar-refractivity contribution is 0.343. The third-order valence-electron chi connectivity index (χ3n) is 1.75. The number of rotatable bonds is 4. The SMILES string of the molecule is CCO/C=N\Nc1nc2ccccc2s1. The summed E-state index contributed by atoms with van der Waals surface area (Å²) in [6.45, 7) is 2.52. The van der Waals surface area contributed by atoms with Crippen molar-refractivity contribution in [2.24, 2.45) is 5.10 Å². The lowest BCUT2D eigenvalue weighted by Gasteiger charge is -1.92. The summed E-state index contributed by atoms with van der Waals surface area (Å²) in [6.07, 6.45) is 1.38. The molecule has 5 heteroatoms. The quantitative estimate of drug-likeness (QED) is 0.490. The average molecular weight is 221 g/mol. The van der Waals surface area contributed by atoms with Crippen LogP contribution >= 0.6 is 11.3 Å². The number of hydrogen-bond donors (Lipinski definition) is 1. The summed E-state index contributed by atoms with van der Waals surface area (Å²) < 4.78 is 6.10. The Kier molecular flexibility index (Phi) is 3.14. The van der Waals surface area contributed by atoms with Gasteiger partial charge in [0.1, 0.15) is 0 Å². The number of aromatic nitrogens is 1. The Morgan fingerprint density at radius 3 is 3.20 bits per heavy atom. The molecule has 78 valence electrons. The second kappa shape index (κ2) is 4.75. The van der Waals surface area contributed by atoms with Gasteiger partial charge in [-0.05, 0) is 19.1 Å². The molecule has 0 unspecified atom stereocenters. The molecule has 0 atom stereocenters. The van der Waals surface area contributed by atoms with Crippen molar-refractivity contribution in [3.8, 4) is 0 Å². The predicted octanol–water partition coefficient (Wildman–Crippen LogP) is 2.69. The minimum atomic E-state index is 0.616. The molecular formula is C10H11N3OS. The van der Waals surface area contributed by atoms with Gasteiger partial charge in [0.25, 0.3) is 0 Å². The first-order chi connectivity index (χ1) is 7.40. The van der Waals surface area contributed by atoms with Gasteiger partial charge >= 0.3 is 0 Å². The van der Waals surface area contributed by atoms with Crippen LogP contribution in [0.1, 0.15) is 6.92 Å². The standard InChI is InChI=1S/C10H11N3OS/c1-2-14-7-11-13-10-12-8-5-3-4-6-9(8)15-10/h3-7H,2H2,1H3,(H,12,13)/b11-7-. The van der Waals surface area contributed by atoms with E-state index in [1.807, 2.05) is 31.2 Å². The Morgan fingerprint density at radius 1 is 1.53 bits per heavy atom. The molecule has 1 N–H and O–H groups in total. The van der Waals surface area contributed by atoms with E-state index < -0.39 is 0 Å². The number of para-hydroxylation sites is 1. The fourth-order valence-corrected chi connectivity index (χ4v) is 1.93. The van der Waals surface area contributed by atoms with Crippen LogP contribution in [0.3, 0.4) is 0 Å². The van der Waals surface area contributed by atoms with Crippen LogP contribution in [0.25, 0.3) is 10.2 Å². The topological polar surface area (TPSA) is 46.5 Å². The van der Waals surface area contributed by atoms with Gasteiger partial charge in [-0.25, -0.2) is 10.4 Å². The monoisotopic (exact) mass is 221 g/mol. The maximum atomic E-state index is 4.95. The molecule has 0 amide bonds. The van der Waals surface area contributed by atoms with Gasteiger partial charge in [0.15, 0.2) is 6.40 Å². The van der Waals surface area contributed by atoms with Crippen molar-refractivity contribution in [1.29, 1.82) is 0 Å². The summed E-state index contributed by atoms with van der Waals surface area (Å²) in [7, 11) is 0. The van der Waals surface area contributed by atoms with Crippen molar-refractivity contribution in [1.82, 2.24) is 4.98 Å². The predicted molar refractivity (Wildman–Crippen MR) is 63.4 cm³/mol. The van der Waals surface area contributed by atoms with Gasteiger partial charge in [0.05, 0.1) is 16.8 Å². The van der Waals surface area contributed by atoms with E-state index in [1.54, 1.807) is 11.3 Å². The van der Waals surface area contributed by atoms with Crippen LogP contribution < -0.4 is 5.43 Å². The highest BCUT2D eigenvalue weighted by Gasteiger charge is 2.00. The number of anilines is 1. The highest BCUT2D eigenvalue weighted by atomic mass is 32.1. The third kappa shape index (κ3) is 2.44. The maximum absolute atomic E-state index is 4.95. The molecule has 15 heavy (non-hydrogen) atoms. The summed E-state index contributed by atoms with van der Waals surface area (Å²) in [5.41, 5.74) is 3.80. The molecule has 0 aliphatic heterocycles. The molecule has 1 heterocycles. The summed E-state index contributed by atoms with van der Waals surface area (Å²) >= 11 is 1.56. The Balaban J connectivity index is 2.09. The fourth-order valence-electron chi connectivity index (χ4n) is 1.11. The van der Waals surface area contributed by atoms with E-state index >= 15 is 0 Å². The molecule has 1 aromatic carbocycles. The van der Waals surface area contributed by atoms with Crippen LogP contribution in [-0.4, -0.2) is 18.0 Å². The van der Waals surface area contributed by atoms with Crippen LogP contribution in [-0.2, 0) is 4.74 Å². The lowest BCUT2D eigenvalue weighted by Crippen LogP contribution is -1.91. The molecule has 0 saturated carbocycles. The zero-order valence-corrected chi connectivity index (χ0v) is 9.12. The molecule has 0 fully saturated rings. The summed E-state index contributed by atoms with van der Waals surface area (Å²) in [4.78, 5) is 4.35. The maximum Gasteiger partial charge on any atom is 0.204 e. The van der Waals surface area contributed by atoms with Gasteiger partial charge in [-0.15, -0.1) is 5.10 Å². The zero-order chi connectivity index (χ0) is 10.5. The summed E-state index contributed by atoms with van der Waals surface area (Å²) in [5.74, 6) is 0. The highest BCUT2D eigenvalue weighted by molar-refractivity contribution is 7.22. The van der Waals surface area contributed by atoms with Gasteiger partial charge in [0, 0.05) is 0 Å². The molecule has 2 aromatic rings. The molecule has 0 bridgehead atoms. The van der Waals surface area contributed by atoms with Crippen LogP contribution in [0, 0.1) is 0 Å². The van der Waals surface area contributed by atoms with Crippen LogP contribution in [0.5, 0.6) is 0 Å². The summed E-state index contributed by atoms with van der Waals surface area (Å²) in [6, 6.07) is 7.97. The number of benzene rings is 1. The van der Waals surface area contributed by atoms with Gasteiger partial charge in [0.2, 0.25) is 5.13 Å². The first-order valence-corrected chi connectivity index (χ1v) is 5.46. The number of nitrogens with zero attached hydrogens (tertiary/aromatic N) is 2. The number of nitrogens with one attached hydrogen (secondary N) is 1. The minimum absolute atomic E-state index is 0.616. The van der Waals surface area contributed by atoms with Gasteiger partial charge in [-0.3, -0.25) is 0 Å². The number of thiazole rings is 1. The van der Waals surface area contributed by atoms with E-state index in [9.17, 15) is 0 Å². The normalized spacial score (nSPS) is 11.0. The molecule has 0 radical (unpaired) electrons. The van der Waals surface area contributed by atoms with Gasteiger partial charge in [-0.1, -0.05) is 23.5 Å². The Morgan fingerprint density at radius 2 is 2.40 bits per heavy atom. The average Bonchev–Trinajstić information content (AvgIpc) is 2.67. The molecule has 4 nitrogen and oxygen atoms in total. The molecule has 1 aromatic heterocycles.